The van der Waals surface area contributed by atoms with Gasteiger partial charge < -0.3 is 14.8 Å². The van der Waals surface area contributed by atoms with Crippen LogP contribution < -0.4 is 20.3 Å². The molecule has 0 saturated heterocycles. The summed E-state index contributed by atoms with van der Waals surface area (Å²) in [7, 11) is 3.17. The molecule has 0 saturated carbocycles. The van der Waals surface area contributed by atoms with Crippen molar-refractivity contribution in [3.63, 3.8) is 0 Å². The summed E-state index contributed by atoms with van der Waals surface area (Å²) in [4.78, 5) is 26.4. The largest absolute Gasteiger partial charge is 0.497 e. The van der Waals surface area contributed by atoms with Crippen molar-refractivity contribution in [1.82, 2.24) is 4.57 Å². The molecule has 0 atom stereocenters. The van der Waals surface area contributed by atoms with Crippen molar-refractivity contribution in [2.24, 2.45) is 0 Å². The summed E-state index contributed by atoms with van der Waals surface area (Å²) in [5.41, 5.74) is 4.28. The van der Waals surface area contributed by atoms with Gasteiger partial charge in [0.1, 0.15) is 18.0 Å². The van der Waals surface area contributed by atoms with Crippen LogP contribution in [-0.2, 0) is 30.6 Å². The van der Waals surface area contributed by atoms with E-state index in [9.17, 15) is 9.59 Å². The van der Waals surface area contributed by atoms with Gasteiger partial charge in [0, 0.05) is 17.3 Å². The topological polar surface area (TPSA) is 69.6 Å². The van der Waals surface area contributed by atoms with Crippen molar-refractivity contribution in [1.29, 1.82) is 0 Å². The van der Waals surface area contributed by atoms with Crippen LogP contribution in [0.15, 0.2) is 77.6 Å². The molecule has 1 heterocycles. The third-order valence-electron chi connectivity index (χ3n) is 6.17. The first kappa shape index (κ1) is 24.1. The summed E-state index contributed by atoms with van der Waals surface area (Å²) in [5.74, 6) is 1.05. The van der Waals surface area contributed by atoms with Gasteiger partial charge in [0.05, 0.1) is 19.7 Å². The monoisotopic (exact) mass is 470 g/mol. The predicted molar refractivity (Wildman–Crippen MR) is 140 cm³/mol. The second-order valence-electron chi connectivity index (χ2n) is 8.43. The zero-order valence-corrected chi connectivity index (χ0v) is 20.3. The van der Waals surface area contributed by atoms with Gasteiger partial charge in [-0.05, 0) is 78.2 Å². The van der Waals surface area contributed by atoms with Gasteiger partial charge in [-0.2, -0.15) is 0 Å². The van der Waals surface area contributed by atoms with E-state index < -0.39 is 0 Å². The van der Waals surface area contributed by atoms with E-state index in [0.717, 1.165) is 18.2 Å². The molecule has 0 unspecified atom stereocenters. The SMILES string of the molecule is CCc1ccc(CCc2cc3ccc(OC)cc3n(CC(=O)Nc3ccc(OC)cc3)c2=O)cc1. The van der Waals surface area contributed by atoms with Crippen LogP contribution in [0.25, 0.3) is 10.9 Å². The molecule has 0 aliphatic carbocycles. The van der Waals surface area contributed by atoms with E-state index in [4.69, 9.17) is 9.47 Å². The van der Waals surface area contributed by atoms with Crippen LogP contribution in [0.1, 0.15) is 23.6 Å². The fraction of sp³-hybridized carbons (Fsp3) is 0.241. The molecular formula is C29H30N2O4. The molecule has 35 heavy (non-hydrogen) atoms. The fourth-order valence-electron chi connectivity index (χ4n) is 4.11. The van der Waals surface area contributed by atoms with Crippen LogP contribution in [0.2, 0.25) is 0 Å². The molecule has 1 aromatic heterocycles. The van der Waals surface area contributed by atoms with Gasteiger partial charge in [-0.25, -0.2) is 0 Å². The predicted octanol–water partition coefficient (Wildman–Crippen LogP) is 5.01. The number of benzene rings is 3. The number of amides is 1. The molecule has 4 rings (SSSR count). The molecule has 1 N–H and O–H groups in total. The number of hydrogen-bond donors (Lipinski definition) is 1. The molecule has 6 nitrogen and oxygen atoms in total. The van der Waals surface area contributed by atoms with Crippen molar-refractivity contribution in [2.45, 2.75) is 32.7 Å². The maximum absolute atomic E-state index is 13.5. The highest BCUT2D eigenvalue weighted by atomic mass is 16.5. The number of anilines is 1. The zero-order valence-electron chi connectivity index (χ0n) is 20.3. The van der Waals surface area contributed by atoms with Gasteiger partial charge in [0.2, 0.25) is 5.91 Å². The number of ether oxygens (including phenoxy) is 2. The first-order valence-corrected chi connectivity index (χ1v) is 11.7. The van der Waals surface area contributed by atoms with E-state index in [1.165, 1.54) is 15.7 Å². The Morgan fingerprint density at radius 3 is 2.14 bits per heavy atom. The number of carbonyl (C=O) groups is 1. The molecule has 0 aliphatic heterocycles. The summed E-state index contributed by atoms with van der Waals surface area (Å²) in [6, 6.07) is 23.1. The molecule has 0 aliphatic rings. The van der Waals surface area contributed by atoms with Crippen molar-refractivity contribution >= 4 is 22.5 Å². The summed E-state index contributed by atoms with van der Waals surface area (Å²) in [5, 5.41) is 3.75. The van der Waals surface area contributed by atoms with Gasteiger partial charge in [-0.1, -0.05) is 31.2 Å². The highest BCUT2D eigenvalue weighted by Crippen LogP contribution is 2.22. The lowest BCUT2D eigenvalue weighted by Crippen LogP contribution is -2.30. The number of aryl methyl sites for hydroxylation is 3. The van der Waals surface area contributed by atoms with Gasteiger partial charge in [0.25, 0.3) is 5.56 Å². The Balaban J connectivity index is 1.62. The molecule has 6 heteroatoms. The number of nitrogens with zero attached hydrogens (tertiary/aromatic N) is 1. The third-order valence-corrected chi connectivity index (χ3v) is 6.17. The average molecular weight is 471 g/mol. The van der Waals surface area contributed by atoms with Crippen LogP contribution >= 0.6 is 0 Å². The van der Waals surface area contributed by atoms with Gasteiger partial charge in [-0.15, -0.1) is 0 Å². The number of pyridine rings is 1. The summed E-state index contributed by atoms with van der Waals surface area (Å²) in [6.07, 6.45) is 2.34. The lowest BCUT2D eigenvalue weighted by atomic mass is 10.0. The molecule has 0 spiro atoms. The maximum atomic E-state index is 13.5. The molecule has 3 aromatic carbocycles. The number of methoxy groups -OCH3 is 2. The first-order valence-electron chi connectivity index (χ1n) is 11.7. The van der Waals surface area contributed by atoms with Gasteiger partial charge in [0.15, 0.2) is 0 Å². The third kappa shape index (κ3) is 5.72. The Morgan fingerprint density at radius 1 is 0.829 bits per heavy atom. The number of hydrogen-bond acceptors (Lipinski definition) is 4. The maximum Gasteiger partial charge on any atom is 0.254 e. The second kappa shape index (κ2) is 10.9. The van der Waals surface area contributed by atoms with E-state index in [1.807, 2.05) is 18.2 Å². The van der Waals surface area contributed by atoms with E-state index in [0.29, 0.717) is 34.7 Å². The molecule has 0 radical (unpaired) electrons. The van der Waals surface area contributed by atoms with Crippen molar-refractivity contribution in [2.75, 3.05) is 19.5 Å². The minimum Gasteiger partial charge on any atom is -0.497 e. The number of rotatable bonds is 9. The molecular weight excluding hydrogens is 440 g/mol. The Kier molecular flexibility index (Phi) is 7.51. The summed E-state index contributed by atoms with van der Waals surface area (Å²) >= 11 is 0. The Labute approximate surface area is 205 Å². The van der Waals surface area contributed by atoms with Crippen molar-refractivity contribution in [3.8, 4) is 11.5 Å². The van der Waals surface area contributed by atoms with Crippen molar-refractivity contribution < 1.29 is 14.3 Å². The Morgan fingerprint density at radius 2 is 1.49 bits per heavy atom. The number of fused-ring (bicyclic) bond motifs is 1. The summed E-state index contributed by atoms with van der Waals surface area (Å²) in [6.45, 7) is 2.03. The van der Waals surface area contributed by atoms with Crippen LogP contribution in [0, 0.1) is 0 Å². The highest BCUT2D eigenvalue weighted by molar-refractivity contribution is 5.92. The lowest BCUT2D eigenvalue weighted by molar-refractivity contribution is -0.116. The van der Waals surface area contributed by atoms with E-state index in [2.05, 4.69) is 36.5 Å². The van der Waals surface area contributed by atoms with Crippen LogP contribution in [0.5, 0.6) is 11.5 Å². The second-order valence-corrected chi connectivity index (χ2v) is 8.43. The Hall–Kier alpha value is -4.06. The smallest absolute Gasteiger partial charge is 0.254 e. The lowest BCUT2D eigenvalue weighted by Gasteiger charge is -2.14. The highest BCUT2D eigenvalue weighted by Gasteiger charge is 2.14. The zero-order chi connectivity index (χ0) is 24.8. The molecule has 0 bridgehead atoms. The Bertz CT molecular complexity index is 1370. The normalized spacial score (nSPS) is 10.8. The number of aromatic nitrogens is 1. The standard InChI is InChI=1S/C29H30N2O4/c1-4-20-5-7-21(8-6-20)9-10-23-17-22-11-14-26(35-3)18-27(22)31(29(23)33)19-28(32)30-24-12-15-25(34-2)16-13-24/h5-8,11-18H,4,9-10,19H2,1-3H3,(H,30,32). The molecule has 4 aromatic rings. The summed E-state index contributed by atoms with van der Waals surface area (Å²) < 4.78 is 12.1. The molecule has 0 fully saturated rings. The molecule has 1 amide bonds. The quantitative estimate of drug-likeness (QED) is 0.374. The van der Waals surface area contributed by atoms with E-state index in [-0.39, 0.29) is 18.0 Å². The number of carbonyl (C=O) groups excluding carboxylic acids is 1. The minimum absolute atomic E-state index is 0.104. The van der Waals surface area contributed by atoms with Gasteiger partial charge >= 0.3 is 0 Å². The van der Waals surface area contributed by atoms with E-state index >= 15 is 0 Å². The average Bonchev–Trinajstić information content (AvgIpc) is 2.89. The van der Waals surface area contributed by atoms with Crippen LogP contribution in [-0.4, -0.2) is 24.7 Å². The van der Waals surface area contributed by atoms with E-state index in [1.54, 1.807) is 44.6 Å². The first-order chi connectivity index (χ1) is 17.0. The number of nitrogens with one attached hydrogen (secondary N) is 1. The van der Waals surface area contributed by atoms with Crippen molar-refractivity contribution in [3.05, 3.63) is 99.8 Å². The van der Waals surface area contributed by atoms with Crippen LogP contribution in [0.3, 0.4) is 0 Å². The minimum atomic E-state index is -0.284. The molecule has 180 valence electrons. The van der Waals surface area contributed by atoms with Crippen LogP contribution in [0.4, 0.5) is 5.69 Å². The fourth-order valence-corrected chi connectivity index (χ4v) is 4.11. The van der Waals surface area contributed by atoms with Gasteiger partial charge in [-0.3, -0.25) is 14.2 Å².